The van der Waals surface area contributed by atoms with Crippen LogP contribution in [0.3, 0.4) is 0 Å². The third-order valence-electron chi connectivity index (χ3n) is 2.28. The summed E-state index contributed by atoms with van der Waals surface area (Å²) < 4.78 is 0. The van der Waals surface area contributed by atoms with Crippen molar-refractivity contribution in [3.8, 4) is 6.07 Å². The highest BCUT2D eigenvalue weighted by atomic mass is 32.1. The van der Waals surface area contributed by atoms with Crippen molar-refractivity contribution in [1.29, 1.82) is 5.26 Å². The van der Waals surface area contributed by atoms with Gasteiger partial charge in [0.25, 0.3) is 0 Å². The van der Waals surface area contributed by atoms with Gasteiger partial charge in [-0.25, -0.2) is 4.98 Å². The molecule has 5 heteroatoms. The zero-order valence-corrected chi connectivity index (χ0v) is 8.30. The standard InChI is InChI=1S/C9H9N3OS/c10-6-9(1-2-9)8(13)12-5-7-11-3-4-14-7/h3-4H,1-2,5H2,(H,12,13). The molecule has 0 spiro atoms. The van der Waals surface area contributed by atoms with Crippen molar-refractivity contribution >= 4 is 17.2 Å². The molecule has 1 saturated carbocycles. The Kier molecular flexibility index (Phi) is 2.22. The molecular formula is C9H9N3OS. The van der Waals surface area contributed by atoms with E-state index in [1.54, 1.807) is 6.20 Å². The van der Waals surface area contributed by atoms with Crippen molar-refractivity contribution in [2.24, 2.45) is 5.41 Å². The van der Waals surface area contributed by atoms with Gasteiger partial charge in [-0.3, -0.25) is 4.79 Å². The molecule has 0 aliphatic heterocycles. The number of hydrogen-bond donors (Lipinski definition) is 1. The average Bonchev–Trinajstić information content (AvgIpc) is 2.84. The lowest BCUT2D eigenvalue weighted by atomic mass is 10.1. The molecule has 72 valence electrons. The molecule has 1 aliphatic rings. The van der Waals surface area contributed by atoms with Crippen LogP contribution in [-0.2, 0) is 11.3 Å². The third kappa shape index (κ3) is 1.61. The smallest absolute Gasteiger partial charge is 0.240 e. The number of nitrogens with zero attached hydrogens (tertiary/aromatic N) is 2. The molecule has 1 aromatic rings. The Labute approximate surface area is 85.6 Å². The van der Waals surface area contributed by atoms with E-state index in [-0.39, 0.29) is 5.91 Å². The van der Waals surface area contributed by atoms with Crippen molar-refractivity contribution in [3.05, 3.63) is 16.6 Å². The minimum Gasteiger partial charge on any atom is -0.348 e. The fraction of sp³-hybridized carbons (Fsp3) is 0.444. The number of carbonyl (C=O) groups excluding carboxylic acids is 1. The largest absolute Gasteiger partial charge is 0.348 e. The monoisotopic (exact) mass is 207 g/mol. The van der Waals surface area contributed by atoms with Crippen LogP contribution in [0.25, 0.3) is 0 Å². The zero-order chi connectivity index (χ0) is 10.0. The third-order valence-corrected chi connectivity index (χ3v) is 3.06. The fourth-order valence-electron chi connectivity index (χ4n) is 1.18. The van der Waals surface area contributed by atoms with Crippen molar-refractivity contribution in [2.75, 3.05) is 0 Å². The van der Waals surface area contributed by atoms with Gasteiger partial charge in [-0.2, -0.15) is 5.26 Å². The summed E-state index contributed by atoms with van der Waals surface area (Å²) in [5, 5.41) is 14.2. The number of carbonyl (C=O) groups is 1. The molecule has 0 unspecified atom stereocenters. The Morgan fingerprint density at radius 1 is 1.79 bits per heavy atom. The Hall–Kier alpha value is -1.41. The number of hydrogen-bond acceptors (Lipinski definition) is 4. The van der Waals surface area contributed by atoms with E-state index in [1.807, 2.05) is 5.38 Å². The van der Waals surface area contributed by atoms with Crippen molar-refractivity contribution in [2.45, 2.75) is 19.4 Å². The molecule has 0 bridgehead atoms. The Morgan fingerprint density at radius 2 is 2.57 bits per heavy atom. The predicted molar refractivity (Wildman–Crippen MR) is 51.2 cm³/mol. The number of nitriles is 1. The maximum absolute atomic E-state index is 11.5. The van der Waals surface area contributed by atoms with Gasteiger partial charge in [-0.1, -0.05) is 0 Å². The summed E-state index contributed by atoms with van der Waals surface area (Å²) in [7, 11) is 0. The number of amides is 1. The van der Waals surface area contributed by atoms with Gasteiger partial charge < -0.3 is 5.32 Å². The molecule has 0 atom stereocenters. The molecule has 1 aromatic heterocycles. The highest BCUT2D eigenvalue weighted by Crippen LogP contribution is 2.44. The maximum Gasteiger partial charge on any atom is 0.240 e. The van der Waals surface area contributed by atoms with Gasteiger partial charge in [0.2, 0.25) is 5.91 Å². The highest BCUT2D eigenvalue weighted by molar-refractivity contribution is 7.09. The van der Waals surface area contributed by atoms with Crippen LogP contribution in [0, 0.1) is 16.7 Å². The lowest BCUT2D eigenvalue weighted by molar-refractivity contribution is -0.124. The summed E-state index contributed by atoms with van der Waals surface area (Å²) in [6, 6.07) is 2.05. The average molecular weight is 207 g/mol. The molecule has 1 amide bonds. The highest BCUT2D eigenvalue weighted by Gasteiger charge is 2.50. The first-order valence-corrected chi connectivity index (χ1v) is 5.23. The predicted octanol–water partition coefficient (Wildman–Crippen LogP) is 1.06. The van der Waals surface area contributed by atoms with E-state index in [2.05, 4.69) is 16.4 Å². The SMILES string of the molecule is N#CC1(C(=O)NCc2nccs2)CC1. The molecule has 1 heterocycles. The molecule has 0 aromatic carbocycles. The molecule has 0 saturated heterocycles. The molecular weight excluding hydrogens is 198 g/mol. The normalized spacial score (nSPS) is 17.1. The molecule has 1 aliphatic carbocycles. The van der Waals surface area contributed by atoms with E-state index in [0.29, 0.717) is 19.4 Å². The summed E-state index contributed by atoms with van der Waals surface area (Å²) in [5.74, 6) is -0.157. The zero-order valence-electron chi connectivity index (χ0n) is 7.49. The summed E-state index contributed by atoms with van der Waals surface area (Å²) in [4.78, 5) is 15.5. The number of nitrogens with one attached hydrogen (secondary N) is 1. The molecule has 0 radical (unpaired) electrons. The minimum absolute atomic E-state index is 0.157. The van der Waals surface area contributed by atoms with Gasteiger partial charge in [0.15, 0.2) is 0 Å². The van der Waals surface area contributed by atoms with Gasteiger partial charge in [-0.15, -0.1) is 11.3 Å². The van der Waals surface area contributed by atoms with Crippen LogP contribution in [0.5, 0.6) is 0 Å². The molecule has 1 N–H and O–H groups in total. The minimum atomic E-state index is -0.725. The van der Waals surface area contributed by atoms with Gasteiger partial charge in [0.05, 0.1) is 12.6 Å². The van der Waals surface area contributed by atoms with Crippen LogP contribution in [-0.4, -0.2) is 10.9 Å². The van der Waals surface area contributed by atoms with E-state index in [4.69, 9.17) is 5.26 Å². The quantitative estimate of drug-likeness (QED) is 0.806. The second-order valence-corrected chi connectivity index (χ2v) is 4.28. The van der Waals surface area contributed by atoms with Gasteiger partial charge in [0, 0.05) is 11.6 Å². The van der Waals surface area contributed by atoms with Crippen LogP contribution < -0.4 is 5.32 Å². The summed E-state index contributed by atoms with van der Waals surface area (Å²) >= 11 is 1.49. The van der Waals surface area contributed by atoms with Gasteiger partial charge in [0.1, 0.15) is 10.4 Å². The Balaban J connectivity index is 1.88. The van der Waals surface area contributed by atoms with E-state index in [9.17, 15) is 4.79 Å². The van der Waals surface area contributed by atoms with Crippen molar-refractivity contribution in [1.82, 2.24) is 10.3 Å². The van der Waals surface area contributed by atoms with E-state index < -0.39 is 5.41 Å². The molecule has 1 fully saturated rings. The summed E-state index contributed by atoms with van der Waals surface area (Å²) in [5.41, 5.74) is -0.725. The van der Waals surface area contributed by atoms with E-state index in [0.717, 1.165) is 5.01 Å². The summed E-state index contributed by atoms with van der Waals surface area (Å²) in [6.07, 6.45) is 3.07. The van der Waals surface area contributed by atoms with Crippen LogP contribution >= 0.6 is 11.3 Å². The van der Waals surface area contributed by atoms with Crippen molar-refractivity contribution < 1.29 is 4.79 Å². The van der Waals surface area contributed by atoms with Crippen LogP contribution in [0.1, 0.15) is 17.8 Å². The molecule has 2 rings (SSSR count). The topological polar surface area (TPSA) is 65.8 Å². The number of rotatable bonds is 3. The lowest BCUT2D eigenvalue weighted by Crippen LogP contribution is -2.30. The first-order valence-electron chi connectivity index (χ1n) is 4.35. The second-order valence-electron chi connectivity index (χ2n) is 3.30. The van der Waals surface area contributed by atoms with E-state index in [1.165, 1.54) is 11.3 Å². The second kappa shape index (κ2) is 3.39. The lowest BCUT2D eigenvalue weighted by Gasteiger charge is -2.05. The van der Waals surface area contributed by atoms with E-state index >= 15 is 0 Å². The Morgan fingerprint density at radius 3 is 3.07 bits per heavy atom. The fourth-order valence-corrected chi connectivity index (χ4v) is 1.74. The molecule has 14 heavy (non-hydrogen) atoms. The van der Waals surface area contributed by atoms with Crippen LogP contribution in [0.2, 0.25) is 0 Å². The maximum atomic E-state index is 11.5. The summed E-state index contributed by atoms with van der Waals surface area (Å²) in [6.45, 7) is 0.430. The first kappa shape index (κ1) is 9.16. The van der Waals surface area contributed by atoms with Crippen molar-refractivity contribution in [3.63, 3.8) is 0 Å². The van der Waals surface area contributed by atoms with Gasteiger partial charge >= 0.3 is 0 Å². The number of thiazole rings is 1. The number of aromatic nitrogens is 1. The first-order chi connectivity index (χ1) is 6.77. The Bertz CT molecular complexity index is 375. The van der Waals surface area contributed by atoms with Crippen LogP contribution in [0.15, 0.2) is 11.6 Å². The van der Waals surface area contributed by atoms with Crippen LogP contribution in [0.4, 0.5) is 0 Å². The molecule has 4 nitrogen and oxygen atoms in total. The van der Waals surface area contributed by atoms with Gasteiger partial charge in [-0.05, 0) is 12.8 Å².